The predicted octanol–water partition coefficient (Wildman–Crippen LogP) is 1.90. The Labute approximate surface area is 169 Å². The van der Waals surface area contributed by atoms with Gasteiger partial charge in [-0.3, -0.25) is 4.90 Å². The zero-order valence-electron chi connectivity index (χ0n) is 15.5. The van der Waals surface area contributed by atoms with E-state index >= 15 is 0 Å². The number of fused-ring (bicyclic) bond motifs is 2. The minimum atomic E-state index is -0.674. The van der Waals surface area contributed by atoms with Gasteiger partial charge in [-0.15, -0.1) is 0 Å². The van der Waals surface area contributed by atoms with E-state index in [4.69, 9.17) is 18.6 Å². The van der Waals surface area contributed by atoms with E-state index in [0.717, 1.165) is 5.22 Å². The van der Waals surface area contributed by atoms with Crippen LogP contribution in [0.5, 0.6) is 11.5 Å². The summed E-state index contributed by atoms with van der Waals surface area (Å²) in [5.74, 6) is 1.56. The smallest absolute Gasteiger partial charge is 0.339 e. The number of nitrogens with zero attached hydrogens (tertiary/aromatic N) is 2. The molecule has 2 unspecified atom stereocenters. The van der Waals surface area contributed by atoms with Crippen LogP contribution in [0.15, 0.2) is 31.9 Å². The number of hydrogen-bond acceptors (Lipinski definition) is 7. The fourth-order valence-electron chi connectivity index (χ4n) is 3.57. The Kier molecular flexibility index (Phi) is 4.55. The second kappa shape index (κ2) is 6.91. The van der Waals surface area contributed by atoms with Crippen LogP contribution in [0.25, 0.3) is 11.8 Å². The number of nitriles is 1. The van der Waals surface area contributed by atoms with Gasteiger partial charge in [0.05, 0.1) is 18.7 Å². The zero-order valence-corrected chi connectivity index (χ0v) is 17.1. The van der Waals surface area contributed by atoms with Gasteiger partial charge in [-0.25, -0.2) is 4.79 Å². The number of rotatable bonds is 3. The van der Waals surface area contributed by atoms with Crippen molar-refractivity contribution in [3.05, 3.63) is 54.9 Å². The van der Waals surface area contributed by atoms with Gasteiger partial charge in [0.1, 0.15) is 6.04 Å². The molecule has 7 nitrogen and oxygen atoms in total. The normalized spacial score (nSPS) is 19.8. The fourth-order valence-corrected chi connectivity index (χ4v) is 4.20. The molecule has 1 aromatic carbocycles. The standard InChI is InChI=1S/C20H17BrN2O5/c1-10-6-11-4-5-14-18(16(11)28-20(10)24)27-19(23(14)9-22)12-7-13(21)17(26-3)15(8-12)25-2/h4,6-8,14,19H,5H2,1-3H3. The van der Waals surface area contributed by atoms with E-state index in [1.54, 1.807) is 38.2 Å². The lowest BCUT2D eigenvalue weighted by Crippen LogP contribution is -2.39. The maximum absolute atomic E-state index is 12.0. The average Bonchev–Trinajstić information content (AvgIpc) is 3.07. The average molecular weight is 445 g/mol. The summed E-state index contributed by atoms with van der Waals surface area (Å²) in [5.41, 5.74) is 1.22. The molecule has 4 rings (SSSR count). The van der Waals surface area contributed by atoms with E-state index in [1.165, 1.54) is 0 Å². The lowest BCUT2D eigenvalue weighted by molar-refractivity contribution is 0.0987. The molecule has 0 bridgehead atoms. The van der Waals surface area contributed by atoms with Crippen molar-refractivity contribution in [3.8, 4) is 17.7 Å². The number of methoxy groups -OCH3 is 2. The molecule has 0 radical (unpaired) electrons. The first-order valence-corrected chi connectivity index (χ1v) is 9.39. The Bertz CT molecular complexity index is 1180. The molecule has 1 aliphatic carbocycles. The zero-order chi connectivity index (χ0) is 20.0. The van der Waals surface area contributed by atoms with Crippen LogP contribution < -0.4 is 25.7 Å². The number of halogens is 1. The van der Waals surface area contributed by atoms with Crippen molar-refractivity contribution in [3.63, 3.8) is 0 Å². The van der Waals surface area contributed by atoms with Gasteiger partial charge in [0, 0.05) is 16.3 Å². The Balaban J connectivity index is 1.87. The molecule has 2 aliphatic rings. The van der Waals surface area contributed by atoms with Crippen LogP contribution in [0.3, 0.4) is 0 Å². The largest absolute Gasteiger partial charge is 0.493 e. The third-order valence-corrected chi connectivity index (χ3v) is 5.51. The number of hydrogen-bond donors (Lipinski definition) is 0. The summed E-state index contributed by atoms with van der Waals surface area (Å²) in [7, 11) is 3.10. The molecule has 1 aliphatic heterocycles. The number of aryl methyl sites for hydroxylation is 1. The molecule has 28 heavy (non-hydrogen) atoms. The first-order chi connectivity index (χ1) is 13.5. The van der Waals surface area contributed by atoms with Gasteiger partial charge in [-0.05, 0) is 47.5 Å². The van der Waals surface area contributed by atoms with Gasteiger partial charge in [-0.1, -0.05) is 6.08 Å². The predicted molar refractivity (Wildman–Crippen MR) is 104 cm³/mol. The number of benzene rings is 1. The second-order valence-electron chi connectivity index (χ2n) is 6.54. The second-order valence-corrected chi connectivity index (χ2v) is 7.39. The van der Waals surface area contributed by atoms with Crippen LogP contribution in [0.2, 0.25) is 0 Å². The SMILES string of the molecule is COc1cc(C2OC3=c4oc(=O)c(C)cc4=CCC3N2C#N)cc(Br)c1OC. The van der Waals surface area contributed by atoms with Crippen molar-refractivity contribution < 1.29 is 18.6 Å². The molecule has 2 aromatic rings. The molecule has 1 aromatic heterocycles. The van der Waals surface area contributed by atoms with E-state index in [1.807, 2.05) is 12.1 Å². The van der Waals surface area contributed by atoms with Crippen molar-refractivity contribution in [2.24, 2.45) is 0 Å². The summed E-state index contributed by atoms with van der Waals surface area (Å²) in [4.78, 5) is 13.6. The fraction of sp³-hybridized carbons (Fsp3) is 0.300. The molecule has 144 valence electrons. The Morgan fingerprint density at radius 2 is 2.07 bits per heavy atom. The molecule has 1 fully saturated rings. The number of ether oxygens (including phenoxy) is 3. The highest BCUT2D eigenvalue weighted by Gasteiger charge is 2.42. The van der Waals surface area contributed by atoms with Gasteiger partial charge in [0.2, 0.25) is 6.23 Å². The van der Waals surface area contributed by atoms with Crippen LogP contribution in [-0.4, -0.2) is 25.2 Å². The highest BCUT2D eigenvalue weighted by atomic mass is 79.9. The van der Waals surface area contributed by atoms with E-state index in [9.17, 15) is 10.1 Å². The van der Waals surface area contributed by atoms with Crippen molar-refractivity contribution in [1.82, 2.24) is 4.90 Å². The maximum Gasteiger partial charge on any atom is 0.339 e. The molecular formula is C20H17BrN2O5. The summed E-state index contributed by atoms with van der Waals surface area (Å²) >= 11 is 3.47. The third kappa shape index (κ3) is 2.74. The van der Waals surface area contributed by atoms with Crippen molar-refractivity contribution in [2.45, 2.75) is 25.6 Å². The van der Waals surface area contributed by atoms with Crippen LogP contribution in [0.4, 0.5) is 0 Å². The molecule has 0 N–H and O–H groups in total. The summed E-state index contributed by atoms with van der Waals surface area (Å²) in [6.07, 6.45) is 4.08. The topological polar surface area (TPSA) is 84.9 Å². The third-order valence-electron chi connectivity index (χ3n) is 4.92. The maximum atomic E-state index is 12.0. The molecular weight excluding hydrogens is 428 g/mol. The van der Waals surface area contributed by atoms with Gasteiger partial charge in [-0.2, -0.15) is 5.26 Å². The van der Waals surface area contributed by atoms with Gasteiger partial charge in [0.25, 0.3) is 0 Å². The van der Waals surface area contributed by atoms with E-state index in [0.29, 0.717) is 44.7 Å². The highest BCUT2D eigenvalue weighted by Crippen LogP contribution is 2.43. The van der Waals surface area contributed by atoms with Crippen molar-refractivity contribution in [1.29, 1.82) is 5.26 Å². The summed E-state index contributed by atoms with van der Waals surface area (Å²) < 4.78 is 23.1. The first-order valence-electron chi connectivity index (χ1n) is 8.59. The molecule has 2 heterocycles. The van der Waals surface area contributed by atoms with Gasteiger partial charge < -0.3 is 18.6 Å². The minimum Gasteiger partial charge on any atom is -0.493 e. The lowest BCUT2D eigenvalue weighted by atomic mass is 10.0. The summed E-state index contributed by atoms with van der Waals surface area (Å²) in [6.45, 7) is 1.71. The van der Waals surface area contributed by atoms with Crippen LogP contribution in [-0.2, 0) is 4.74 Å². The van der Waals surface area contributed by atoms with E-state index in [-0.39, 0.29) is 6.04 Å². The van der Waals surface area contributed by atoms with E-state index in [2.05, 4.69) is 22.1 Å². The Hall–Kier alpha value is -2.92. The van der Waals surface area contributed by atoms with Crippen molar-refractivity contribution >= 4 is 27.8 Å². The minimum absolute atomic E-state index is 0.333. The van der Waals surface area contributed by atoms with Gasteiger partial charge >= 0.3 is 5.63 Å². The molecule has 0 amide bonds. The highest BCUT2D eigenvalue weighted by molar-refractivity contribution is 9.10. The summed E-state index contributed by atoms with van der Waals surface area (Å²) in [6, 6.07) is 5.04. The molecule has 0 spiro atoms. The molecule has 0 saturated carbocycles. The quantitative estimate of drug-likeness (QED) is 0.668. The van der Waals surface area contributed by atoms with Gasteiger partial charge in [0.15, 0.2) is 28.9 Å². The van der Waals surface area contributed by atoms with Crippen molar-refractivity contribution in [2.75, 3.05) is 14.2 Å². The summed E-state index contributed by atoms with van der Waals surface area (Å²) in [5, 5.41) is 10.6. The van der Waals surface area contributed by atoms with Crippen LogP contribution in [0, 0.1) is 18.4 Å². The van der Waals surface area contributed by atoms with E-state index < -0.39 is 11.9 Å². The molecule has 2 atom stereocenters. The Morgan fingerprint density at radius 3 is 2.75 bits per heavy atom. The molecule has 8 heteroatoms. The van der Waals surface area contributed by atoms with Crippen LogP contribution >= 0.6 is 15.9 Å². The first kappa shape index (κ1) is 18.4. The Morgan fingerprint density at radius 1 is 1.29 bits per heavy atom. The lowest BCUT2D eigenvalue weighted by Gasteiger charge is -2.22. The monoisotopic (exact) mass is 444 g/mol. The van der Waals surface area contributed by atoms with Crippen LogP contribution in [0.1, 0.15) is 23.8 Å². The molecule has 1 saturated heterocycles.